The predicted molar refractivity (Wildman–Crippen MR) is 58.7 cm³/mol. The first-order valence-corrected chi connectivity index (χ1v) is 6.18. The van der Waals surface area contributed by atoms with Crippen molar-refractivity contribution in [2.45, 2.75) is 51.2 Å². The number of alkyl halides is 2. The van der Waals surface area contributed by atoms with E-state index in [1.165, 1.54) is 0 Å². The van der Waals surface area contributed by atoms with Crippen LogP contribution in [0.4, 0.5) is 8.78 Å². The van der Waals surface area contributed by atoms with E-state index >= 15 is 0 Å². The van der Waals surface area contributed by atoms with Gasteiger partial charge in [-0.3, -0.25) is 4.90 Å². The Bertz CT molecular complexity index is 247. The van der Waals surface area contributed by atoms with Gasteiger partial charge >= 0.3 is 0 Å². The third-order valence-electron chi connectivity index (χ3n) is 3.88. The van der Waals surface area contributed by atoms with E-state index in [2.05, 4.69) is 4.90 Å². The third-order valence-corrected chi connectivity index (χ3v) is 3.88. The average Bonchev–Trinajstić information content (AvgIpc) is 2.70. The molecule has 0 aromatic rings. The van der Waals surface area contributed by atoms with Gasteiger partial charge in [0.05, 0.1) is 12.7 Å². The summed E-state index contributed by atoms with van der Waals surface area (Å²) < 4.78 is 31.2. The summed E-state index contributed by atoms with van der Waals surface area (Å²) in [5.74, 6) is -0.448. The van der Waals surface area contributed by atoms with Crippen molar-refractivity contribution < 1.29 is 13.5 Å². The number of halogens is 2. The molecule has 2 nitrogen and oxygen atoms in total. The molecule has 0 radical (unpaired) electrons. The maximum absolute atomic E-state index is 12.7. The first kappa shape index (κ1) is 12.2. The van der Waals surface area contributed by atoms with Crippen LogP contribution in [-0.2, 0) is 4.74 Å². The molecular weight excluding hydrogens is 212 g/mol. The molecule has 2 saturated heterocycles. The molecule has 4 heteroatoms. The van der Waals surface area contributed by atoms with Gasteiger partial charge in [0.25, 0.3) is 0 Å². The molecule has 2 fully saturated rings. The van der Waals surface area contributed by atoms with Crippen LogP contribution < -0.4 is 0 Å². The van der Waals surface area contributed by atoms with E-state index in [-0.39, 0.29) is 11.6 Å². The summed E-state index contributed by atoms with van der Waals surface area (Å²) in [6.45, 7) is 6.13. The standard InChI is InChI=1S/C12H21F2NO/c1-9(2)16-8-12-4-3-5-15(12)7-10(6-12)11(13)14/h9-11H,3-8H2,1-2H3/t10-,12-/m1/s1. The van der Waals surface area contributed by atoms with Crippen LogP contribution in [0.25, 0.3) is 0 Å². The average molecular weight is 233 g/mol. The molecule has 2 aliphatic heterocycles. The van der Waals surface area contributed by atoms with Gasteiger partial charge in [-0.15, -0.1) is 0 Å². The lowest BCUT2D eigenvalue weighted by Gasteiger charge is -2.32. The Morgan fingerprint density at radius 3 is 2.81 bits per heavy atom. The van der Waals surface area contributed by atoms with Crippen LogP contribution in [0.3, 0.4) is 0 Å². The highest BCUT2D eigenvalue weighted by atomic mass is 19.3. The smallest absolute Gasteiger partial charge is 0.242 e. The molecule has 2 heterocycles. The van der Waals surface area contributed by atoms with Crippen molar-refractivity contribution in [2.75, 3.05) is 19.7 Å². The van der Waals surface area contributed by atoms with Gasteiger partial charge in [0, 0.05) is 18.0 Å². The fraction of sp³-hybridized carbons (Fsp3) is 1.00. The Morgan fingerprint density at radius 1 is 1.44 bits per heavy atom. The lowest BCUT2D eigenvalue weighted by atomic mass is 9.91. The van der Waals surface area contributed by atoms with E-state index in [0.717, 1.165) is 19.4 Å². The summed E-state index contributed by atoms with van der Waals surface area (Å²) in [5, 5.41) is 0. The Hall–Kier alpha value is -0.220. The van der Waals surface area contributed by atoms with Crippen molar-refractivity contribution in [2.24, 2.45) is 5.92 Å². The highest BCUT2D eigenvalue weighted by Gasteiger charge is 2.50. The Morgan fingerprint density at radius 2 is 2.19 bits per heavy atom. The predicted octanol–water partition coefficient (Wildman–Crippen LogP) is 2.53. The lowest BCUT2D eigenvalue weighted by molar-refractivity contribution is 0.00193. The summed E-state index contributed by atoms with van der Waals surface area (Å²) in [6, 6.07) is 0. The van der Waals surface area contributed by atoms with Gasteiger partial charge in [0.15, 0.2) is 0 Å². The van der Waals surface area contributed by atoms with Crippen LogP contribution >= 0.6 is 0 Å². The Labute approximate surface area is 95.9 Å². The van der Waals surface area contributed by atoms with Crippen molar-refractivity contribution in [3.8, 4) is 0 Å². The van der Waals surface area contributed by atoms with Gasteiger partial charge in [-0.05, 0) is 39.7 Å². The number of hydrogen-bond donors (Lipinski definition) is 0. The second kappa shape index (κ2) is 4.57. The minimum atomic E-state index is -2.18. The fourth-order valence-electron chi connectivity index (χ4n) is 3.06. The van der Waals surface area contributed by atoms with Crippen molar-refractivity contribution in [3.05, 3.63) is 0 Å². The van der Waals surface area contributed by atoms with Crippen LogP contribution in [0.2, 0.25) is 0 Å². The monoisotopic (exact) mass is 233 g/mol. The highest BCUT2D eigenvalue weighted by molar-refractivity contribution is 5.03. The largest absolute Gasteiger partial charge is 0.377 e. The molecular formula is C12H21F2NO. The summed E-state index contributed by atoms with van der Waals surface area (Å²) in [5.41, 5.74) is -0.0780. The van der Waals surface area contributed by atoms with Crippen LogP contribution in [0.5, 0.6) is 0 Å². The van der Waals surface area contributed by atoms with E-state index in [1.54, 1.807) is 0 Å². The second-order valence-electron chi connectivity index (χ2n) is 5.43. The summed E-state index contributed by atoms with van der Waals surface area (Å²) >= 11 is 0. The molecule has 0 aromatic carbocycles. The van der Waals surface area contributed by atoms with Gasteiger partial charge in [-0.25, -0.2) is 8.78 Å². The lowest BCUT2D eigenvalue weighted by Crippen LogP contribution is -2.43. The van der Waals surface area contributed by atoms with Crippen molar-refractivity contribution in [1.29, 1.82) is 0 Å². The van der Waals surface area contributed by atoms with Gasteiger partial charge in [0.2, 0.25) is 6.43 Å². The number of fused-ring (bicyclic) bond motifs is 1. The zero-order valence-corrected chi connectivity index (χ0v) is 10.1. The number of nitrogens with zero attached hydrogens (tertiary/aromatic N) is 1. The van der Waals surface area contributed by atoms with Crippen LogP contribution in [0.15, 0.2) is 0 Å². The summed E-state index contributed by atoms with van der Waals surface area (Å²) in [6.07, 6.45) is 0.751. The maximum atomic E-state index is 12.7. The van der Waals surface area contributed by atoms with Crippen LogP contribution in [0.1, 0.15) is 33.1 Å². The zero-order chi connectivity index (χ0) is 11.8. The minimum absolute atomic E-state index is 0.0780. The molecule has 2 atom stereocenters. The molecule has 16 heavy (non-hydrogen) atoms. The molecule has 0 spiro atoms. The molecule has 94 valence electrons. The van der Waals surface area contributed by atoms with Crippen molar-refractivity contribution in [1.82, 2.24) is 4.90 Å². The van der Waals surface area contributed by atoms with E-state index in [4.69, 9.17) is 4.74 Å². The molecule has 0 amide bonds. The normalized spacial score (nSPS) is 35.2. The molecule has 0 saturated carbocycles. The fourth-order valence-corrected chi connectivity index (χ4v) is 3.06. The third kappa shape index (κ3) is 2.23. The molecule has 0 N–H and O–H groups in total. The number of ether oxygens (including phenoxy) is 1. The SMILES string of the molecule is CC(C)OC[C@]12CCCN1C[C@H](C(F)F)C2. The minimum Gasteiger partial charge on any atom is -0.377 e. The molecule has 2 rings (SSSR count). The second-order valence-corrected chi connectivity index (χ2v) is 5.43. The zero-order valence-electron chi connectivity index (χ0n) is 10.1. The van der Waals surface area contributed by atoms with Crippen molar-refractivity contribution >= 4 is 0 Å². The molecule has 0 bridgehead atoms. The maximum Gasteiger partial charge on any atom is 0.242 e. The Kier molecular flexibility index (Phi) is 3.50. The van der Waals surface area contributed by atoms with Crippen molar-refractivity contribution in [3.63, 3.8) is 0 Å². The van der Waals surface area contributed by atoms with E-state index in [1.807, 2.05) is 13.8 Å². The highest BCUT2D eigenvalue weighted by Crippen LogP contribution is 2.43. The van der Waals surface area contributed by atoms with E-state index in [0.29, 0.717) is 19.6 Å². The van der Waals surface area contributed by atoms with Crippen LogP contribution in [0, 0.1) is 5.92 Å². The van der Waals surface area contributed by atoms with E-state index in [9.17, 15) is 8.78 Å². The van der Waals surface area contributed by atoms with Gasteiger partial charge in [-0.2, -0.15) is 0 Å². The first-order chi connectivity index (χ1) is 7.53. The number of rotatable bonds is 4. The molecule has 2 aliphatic rings. The van der Waals surface area contributed by atoms with Gasteiger partial charge in [0.1, 0.15) is 0 Å². The quantitative estimate of drug-likeness (QED) is 0.740. The van der Waals surface area contributed by atoms with Crippen LogP contribution in [-0.4, -0.2) is 42.7 Å². The summed E-state index contributed by atoms with van der Waals surface area (Å²) in [4.78, 5) is 2.23. The van der Waals surface area contributed by atoms with E-state index < -0.39 is 12.3 Å². The number of hydrogen-bond acceptors (Lipinski definition) is 2. The first-order valence-electron chi connectivity index (χ1n) is 6.18. The molecule has 0 unspecified atom stereocenters. The summed E-state index contributed by atoms with van der Waals surface area (Å²) in [7, 11) is 0. The molecule has 0 aliphatic carbocycles. The molecule has 0 aromatic heterocycles. The van der Waals surface area contributed by atoms with Gasteiger partial charge < -0.3 is 4.74 Å². The Balaban J connectivity index is 2.00. The topological polar surface area (TPSA) is 12.5 Å². The van der Waals surface area contributed by atoms with Gasteiger partial charge in [-0.1, -0.05) is 0 Å².